The molecule has 7 aromatic carbocycles. The summed E-state index contributed by atoms with van der Waals surface area (Å²) in [6, 6.07) is 61.2. The molecule has 0 atom stereocenters. The molecule has 2 aliphatic carbocycles. The molecule has 0 bridgehead atoms. The van der Waals surface area contributed by atoms with E-state index in [-0.39, 0.29) is 37.7 Å². The van der Waals surface area contributed by atoms with Crippen molar-refractivity contribution >= 4 is 50.8 Å². The van der Waals surface area contributed by atoms with Gasteiger partial charge in [0.2, 0.25) is 5.91 Å². The lowest BCUT2D eigenvalue weighted by Gasteiger charge is -2.31. The van der Waals surface area contributed by atoms with E-state index in [1.807, 2.05) is 153 Å². The Hall–Kier alpha value is -13.7. The first-order chi connectivity index (χ1) is 61.6. The lowest BCUT2D eigenvalue weighted by molar-refractivity contribution is -0.161. The van der Waals surface area contributed by atoms with Gasteiger partial charge in [-0.05, 0) is 185 Å². The Bertz CT molecular complexity index is 6420. The summed E-state index contributed by atoms with van der Waals surface area (Å²) >= 11 is 0. The first-order valence-electron chi connectivity index (χ1n) is 43.1. The van der Waals surface area contributed by atoms with Crippen molar-refractivity contribution in [2.45, 2.75) is 129 Å². The van der Waals surface area contributed by atoms with E-state index in [0.29, 0.717) is 111 Å². The van der Waals surface area contributed by atoms with Gasteiger partial charge < -0.3 is 71.7 Å². The molecule has 11 heterocycles. The molecule has 20 rings (SSSR count). The number of carbonyl (C=O) groups excluding carboxylic acids is 1. The van der Waals surface area contributed by atoms with Gasteiger partial charge in [0.1, 0.15) is 77.5 Å². The SMILES string of the molecule is C.CN(C)C(=O)/C=C/c1cc2c(-c3ccc(OC4CCOCC4)c(C#N)c3)cccc2[nH]1.Cc1noc(C)c1-c1cc2c(-c3ccc(OC4CCOCC4)c(C#N)c3)cccc2[nH]1.Cn1nccc1-c1cc2c(-c3ccc(OC4CCOCC4)c(C#N)c3)cccc2[nH]1.N#Cc1cc(-c2ccnc3c2C=C(C2=CCC4(CC2)OCCO4)C3)ccc1OC1CCOCC1. The van der Waals surface area contributed by atoms with Gasteiger partial charge in [-0.25, -0.2) is 0 Å². The second kappa shape index (κ2) is 39.7. The standard InChI is InChI=1S/C28H28N2O4.C25H23N3O3.C25H25N3O3.C24H22N4O2.CH4/c29-18-22-15-20(1-2-27(22)34-23-6-11-31-12-7-23)24-5-10-30-26-17-21(16-25(24)26)19-3-8-28(9-4-19)32-13-14-33-28;1-15-25(16(2)31-28-15)23-13-21-20(4-3-5-22(21)27-23)17-6-7-24(18(12-17)14-26)30-19-8-10-29-11-9-19;1-28(2)25(29)9-7-19-15-22-21(4-3-5-23(22)27-19)17-6-8-24(18(14-17)16-26)31-20-10-12-30-13-11-20;1-28-23(7-10-26-28)22-14-20-19(3-2-4-21(20)27-22)16-5-6-24(17(13-16)15-25)30-18-8-11-29-12-9-18;/h1-3,5,10,15-16,23H,4,6-9,11-14,17H2;3-7,12-13,19,27H,8-11H2,1-2H3;3-9,14-15,20,27H,10-13H2,1-2H3;2-7,10,13-14,18,27H,8-9,11-12H2,1H3;1H4/b;;9-7+;;. The first kappa shape index (κ1) is 86.8. The zero-order valence-electron chi connectivity index (χ0n) is 71.3. The van der Waals surface area contributed by atoms with E-state index < -0.39 is 5.79 Å². The summed E-state index contributed by atoms with van der Waals surface area (Å²) in [6.07, 6.45) is 22.2. The molecule has 13 aromatic rings. The Morgan fingerprint density at radius 1 is 0.520 bits per heavy atom. The Labute approximate surface area is 738 Å². The number of amides is 1. The van der Waals surface area contributed by atoms with E-state index in [1.54, 1.807) is 32.4 Å². The van der Waals surface area contributed by atoms with Crippen LogP contribution in [0.3, 0.4) is 0 Å². The maximum absolute atomic E-state index is 11.8. The number of aromatic amines is 3. The van der Waals surface area contributed by atoms with Crippen LogP contribution in [0.5, 0.6) is 23.0 Å². The van der Waals surface area contributed by atoms with Gasteiger partial charge in [-0.3, -0.25) is 14.5 Å². The minimum Gasteiger partial charge on any atom is -0.489 e. The summed E-state index contributed by atoms with van der Waals surface area (Å²) in [5.74, 6) is 2.86. The number of pyridine rings is 1. The van der Waals surface area contributed by atoms with Crippen LogP contribution in [-0.4, -0.2) is 156 Å². The molecular weight excluding hydrogens is 1600 g/mol. The molecule has 0 saturated carbocycles. The average Bonchev–Trinajstić information content (AvgIpc) is 1.61. The molecule has 3 N–H and O–H groups in total. The molecule has 646 valence electrons. The van der Waals surface area contributed by atoms with Crippen molar-refractivity contribution in [3.8, 4) is 114 Å². The Balaban J connectivity index is 0.000000124. The van der Waals surface area contributed by atoms with Gasteiger partial charge in [-0.2, -0.15) is 26.1 Å². The Morgan fingerprint density at radius 3 is 1.38 bits per heavy atom. The number of likely N-dealkylation sites (N-methyl/N-ethyl adjacent to an activating group) is 1. The lowest BCUT2D eigenvalue weighted by Crippen LogP contribution is -2.31. The molecule has 0 unspecified atom stereocenters. The molecule has 5 fully saturated rings. The molecule has 1 amide bonds. The summed E-state index contributed by atoms with van der Waals surface area (Å²) in [5.41, 5.74) is 24.0. The fourth-order valence-electron chi connectivity index (χ4n) is 17.4. The van der Waals surface area contributed by atoms with Gasteiger partial charge in [0.25, 0.3) is 0 Å². The van der Waals surface area contributed by atoms with Crippen LogP contribution in [0.2, 0.25) is 0 Å². The van der Waals surface area contributed by atoms with Gasteiger partial charge in [-0.1, -0.05) is 79.3 Å². The molecular formula is C103H102N12O12. The van der Waals surface area contributed by atoms with Crippen LogP contribution in [-0.2, 0) is 46.7 Å². The number of nitriles is 4. The number of nitrogens with zero attached hydrogens (tertiary/aromatic N) is 9. The van der Waals surface area contributed by atoms with Crippen molar-refractivity contribution in [2.24, 2.45) is 7.05 Å². The van der Waals surface area contributed by atoms with Crippen molar-refractivity contribution in [1.82, 2.24) is 39.8 Å². The predicted octanol–water partition coefficient (Wildman–Crippen LogP) is 20.2. The first-order valence-corrected chi connectivity index (χ1v) is 43.1. The van der Waals surface area contributed by atoms with Crippen molar-refractivity contribution < 1.29 is 56.7 Å². The number of aromatic nitrogens is 7. The molecule has 0 radical (unpaired) electrons. The number of hydrogen-bond acceptors (Lipinski definition) is 19. The van der Waals surface area contributed by atoms with Gasteiger partial charge in [0.15, 0.2) is 5.79 Å². The monoisotopic (exact) mass is 1700 g/mol. The molecule has 24 heteroatoms. The van der Waals surface area contributed by atoms with Gasteiger partial charge in [0.05, 0.1) is 122 Å². The zero-order valence-corrected chi connectivity index (χ0v) is 71.3. The highest BCUT2D eigenvalue weighted by atomic mass is 16.7. The maximum atomic E-state index is 11.8. The number of nitrogens with one attached hydrogen (secondary N) is 3. The summed E-state index contributed by atoms with van der Waals surface area (Å²) < 4.78 is 65.0. The van der Waals surface area contributed by atoms with Gasteiger partial charge in [-0.15, -0.1) is 0 Å². The highest BCUT2D eigenvalue weighted by molar-refractivity contribution is 6.01. The third-order valence-corrected chi connectivity index (χ3v) is 24.2. The van der Waals surface area contributed by atoms with E-state index in [9.17, 15) is 25.8 Å². The number of benzene rings is 7. The highest BCUT2D eigenvalue weighted by Crippen LogP contribution is 2.45. The minimum absolute atomic E-state index is 0. The lowest BCUT2D eigenvalue weighted by atomic mass is 9.89. The molecule has 127 heavy (non-hydrogen) atoms. The van der Waals surface area contributed by atoms with Crippen LogP contribution in [0.15, 0.2) is 198 Å². The number of fused-ring (bicyclic) bond motifs is 4. The minimum atomic E-state index is -0.402. The van der Waals surface area contributed by atoms with Crippen molar-refractivity contribution in [2.75, 3.05) is 80.2 Å². The van der Waals surface area contributed by atoms with Gasteiger partial charge in [0, 0.05) is 154 Å². The van der Waals surface area contributed by atoms with Crippen LogP contribution in [0.25, 0.3) is 112 Å². The second-order valence-corrected chi connectivity index (χ2v) is 32.6. The number of ether oxygens (including phenoxy) is 10. The molecule has 6 aromatic heterocycles. The highest BCUT2D eigenvalue weighted by Gasteiger charge is 2.39. The van der Waals surface area contributed by atoms with Crippen molar-refractivity contribution in [1.29, 1.82) is 21.0 Å². The fraction of sp³-hybridized carbons (Fsp3) is 0.320. The zero-order chi connectivity index (χ0) is 86.6. The van der Waals surface area contributed by atoms with E-state index >= 15 is 0 Å². The van der Waals surface area contributed by atoms with E-state index in [4.69, 9.17) is 51.9 Å². The topological polar surface area (TPSA) is 312 Å². The molecule has 24 nitrogen and oxygen atoms in total. The van der Waals surface area contributed by atoms with Crippen molar-refractivity contribution in [3.63, 3.8) is 0 Å². The quantitative estimate of drug-likeness (QED) is 0.0713. The normalized spacial score (nSPS) is 16.4. The van der Waals surface area contributed by atoms with Crippen LogP contribution >= 0.6 is 0 Å². The largest absolute Gasteiger partial charge is 0.489 e. The third-order valence-electron chi connectivity index (χ3n) is 24.2. The maximum Gasteiger partial charge on any atom is 0.246 e. The van der Waals surface area contributed by atoms with Crippen LogP contribution < -0.4 is 18.9 Å². The second-order valence-electron chi connectivity index (χ2n) is 32.6. The van der Waals surface area contributed by atoms with E-state index in [2.05, 4.69) is 103 Å². The number of carbonyl (C=O) groups is 1. The number of allylic oxidation sites excluding steroid dienone is 2. The Morgan fingerprint density at radius 2 is 0.961 bits per heavy atom. The number of H-pyrrole nitrogens is 3. The summed E-state index contributed by atoms with van der Waals surface area (Å²) in [4.78, 5) is 28.3. The fourth-order valence-corrected chi connectivity index (χ4v) is 17.4. The predicted molar refractivity (Wildman–Crippen MR) is 487 cm³/mol. The van der Waals surface area contributed by atoms with Crippen LogP contribution in [0, 0.1) is 59.2 Å². The summed E-state index contributed by atoms with van der Waals surface area (Å²) in [6.45, 7) is 10.8. The number of hydrogen-bond donors (Lipinski definition) is 3. The summed E-state index contributed by atoms with van der Waals surface area (Å²) in [5, 5.41) is 50.5. The van der Waals surface area contributed by atoms with Crippen molar-refractivity contribution in [3.05, 3.63) is 244 Å². The molecule has 7 aliphatic rings. The van der Waals surface area contributed by atoms with Crippen LogP contribution in [0.1, 0.15) is 129 Å². The number of aryl methyl sites for hydroxylation is 3. The van der Waals surface area contributed by atoms with Gasteiger partial charge >= 0.3 is 0 Å². The van der Waals surface area contributed by atoms with Crippen LogP contribution in [0.4, 0.5) is 0 Å². The third kappa shape index (κ3) is 19.7. The molecule has 5 saturated heterocycles. The molecule has 5 aliphatic heterocycles. The smallest absolute Gasteiger partial charge is 0.246 e. The summed E-state index contributed by atoms with van der Waals surface area (Å²) in [7, 11) is 5.37. The average molecular weight is 1700 g/mol. The molecule has 1 spiro atoms. The Kier molecular flexibility index (Phi) is 27.1. The van der Waals surface area contributed by atoms with E-state index in [1.165, 1.54) is 16.0 Å². The van der Waals surface area contributed by atoms with E-state index in [0.717, 1.165) is 205 Å². The number of rotatable bonds is 17.